The van der Waals surface area contributed by atoms with Crippen LogP contribution in [0.2, 0.25) is 10.0 Å². The highest BCUT2D eigenvalue weighted by Gasteiger charge is 2.15. The quantitative estimate of drug-likeness (QED) is 0.626. The van der Waals surface area contributed by atoms with Gasteiger partial charge in [-0.3, -0.25) is 4.79 Å². The molecule has 0 heterocycles. The van der Waals surface area contributed by atoms with Crippen molar-refractivity contribution >= 4 is 40.9 Å². The minimum Gasteiger partial charge on any atom is -0.353 e. The Labute approximate surface area is 134 Å². The van der Waals surface area contributed by atoms with E-state index in [1.807, 2.05) is 0 Å². The fraction of sp³-hybridized carbons (Fsp3) is 0.533. The molecular formula is C15H19Cl2NOS. The molecule has 0 aliphatic heterocycles. The second kappa shape index (κ2) is 8.16. The summed E-state index contributed by atoms with van der Waals surface area (Å²) in [7, 11) is 0. The van der Waals surface area contributed by atoms with E-state index in [-0.39, 0.29) is 5.91 Å². The molecule has 1 amide bonds. The van der Waals surface area contributed by atoms with Gasteiger partial charge in [0.25, 0.3) is 0 Å². The SMILES string of the molecule is O=C(CSc1c(Cl)cccc1Cl)NC1CCCCCC1. The maximum absolute atomic E-state index is 12.0. The van der Waals surface area contributed by atoms with Crippen LogP contribution in [0.15, 0.2) is 23.1 Å². The molecule has 1 aromatic rings. The highest BCUT2D eigenvalue weighted by atomic mass is 35.5. The van der Waals surface area contributed by atoms with Gasteiger partial charge in [0.2, 0.25) is 5.91 Å². The zero-order valence-electron chi connectivity index (χ0n) is 11.3. The van der Waals surface area contributed by atoms with Crippen LogP contribution >= 0.6 is 35.0 Å². The first-order valence-electron chi connectivity index (χ1n) is 7.03. The van der Waals surface area contributed by atoms with Gasteiger partial charge in [-0.2, -0.15) is 0 Å². The molecule has 1 aromatic carbocycles. The van der Waals surface area contributed by atoms with Gasteiger partial charge in [-0.15, -0.1) is 11.8 Å². The van der Waals surface area contributed by atoms with E-state index < -0.39 is 0 Å². The number of hydrogen-bond acceptors (Lipinski definition) is 2. The first-order chi connectivity index (χ1) is 9.66. The maximum Gasteiger partial charge on any atom is 0.230 e. The van der Waals surface area contributed by atoms with E-state index in [1.165, 1.54) is 37.4 Å². The van der Waals surface area contributed by atoms with Crippen LogP contribution < -0.4 is 5.32 Å². The van der Waals surface area contributed by atoms with Crippen molar-refractivity contribution in [2.45, 2.75) is 49.5 Å². The lowest BCUT2D eigenvalue weighted by atomic mass is 10.1. The molecule has 2 nitrogen and oxygen atoms in total. The topological polar surface area (TPSA) is 29.1 Å². The fourth-order valence-corrected chi connectivity index (χ4v) is 3.95. The predicted molar refractivity (Wildman–Crippen MR) is 86.8 cm³/mol. The lowest BCUT2D eigenvalue weighted by Crippen LogP contribution is -2.35. The molecule has 110 valence electrons. The third kappa shape index (κ3) is 4.87. The molecule has 1 aliphatic rings. The molecule has 0 bridgehead atoms. The van der Waals surface area contributed by atoms with E-state index in [0.29, 0.717) is 21.8 Å². The van der Waals surface area contributed by atoms with Crippen molar-refractivity contribution in [1.29, 1.82) is 0 Å². The number of benzene rings is 1. The summed E-state index contributed by atoms with van der Waals surface area (Å²) < 4.78 is 0. The molecule has 0 unspecified atom stereocenters. The average Bonchev–Trinajstić information content (AvgIpc) is 2.67. The Kier molecular flexibility index (Phi) is 6.53. The van der Waals surface area contributed by atoms with E-state index in [9.17, 15) is 4.79 Å². The molecule has 0 saturated heterocycles. The number of thioether (sulfide) groups is 1. The Morgan fingerprint density at radius 2 is 1.75 bits per heavy atom. The normalized spacial score (nSPS) is 16.7. The summed E-state index contributed by atoms with van der Waals surface area (Å²) in [5, 5.41) is 4.33. The summed E-state index contributed by atoms with van der Waals surface area (Å²) in [5.74, 6) is 0.429. The Bertz CT molecular complexity index is 439. The van der Waals surface area contributed by atoms with Crippen molar-refractivity contribution in [2.24, 2.45) is 0 Å². The van der Waals surface area contributed by atoms with Crippen molar-refractivity contribution in [2.75, 3.05) is 5.75 Å². The molecule has 0 spiro atoms. The van der Waals surface area contributed by atoms with Crippen molar-refractivity contribution in [1.82, 2.24) is 5.32 Å². The van der Waals surface area contributed by atoms with E-state index in [4.69, 9.17) is 23.2 Å². The summed E-state index contributed by atoms with van der Waals surface area (Å²) in [6.07, 6.45) is 7.21. The molecule has 1 fully saturated rings. The Morgan fingerprint density at radius 3 is 2.35 bits per heavy atom. The van der Waals surface area contributed by atoms with Gasteiger partial charge >= 0.3 is 0 Å². The standard InChI is InChI=1S/C15H19Cl2NOS/c16-12-8-5-9-13(17)15(12)20-10-14(19)18-11-6-3-1-2-4-7-11/h5,8-9,11H,1-4,6-7,10H2,(H,18,19). The summed E-state index contributed by atoms with van der Waals surface area (Å²) in [5.41, 5.74) is 0. The van der Waals surface area contributed by atoms with Crippen molar-refractivity contribution in [3.05, 3.63) is 28.2 Å². The van der Waals surface area contributed by atoms with Crippen molar-refractivity contribution in [3.8, 4) is 0 Å². The number of amides is 1. The van der Waals surface area contributed by atoms with Crippen molar-refractivity contribution < 1.29 is 4.79 Å². The number of nitrogens with one attached hydrogen (secondary N) is 1. The molecule has 1 N–H and O–H groups in total. The number of rotatable bonds is 4. The molecule has 1 aliphatic carbocycles. The lowest BCUT2D eigenvalue weighted by Gasteiger charge is -2.16. The van der Waals surface area contributed by atoms with Crippen LogP contribution in [-0.4, -0.2) is 17.7 Å². The average molecular weight is 332 g/mol. The maximum atomic E-state index is 12.0. The van der Waals surface area contributed by atoms with Gasteiger partial charge in [-0.25, -0.2) is 0 Å². The monoisotopic (exact) mass is 331 g/mol. The Balaban J connectivity index is 1.82. The molecule has 2 rings (SSSR count). The van der Waals surface area contributed by atoms with Gasteiger partial charge in [0.05, 0.1) is 15.8 Å². The molecule has 0 atom stereocenters. The van der Waals surface area contributed by atoms with E-state index in [0.717, 1.165) is 17.7 Å². The third-order valence-corrected chi connectivity index (χ3v) is 5.48. The fourth-order valence-electron chi connectivity index (χ4n) is 2.45. The number of carbonyl (C=O) groups excluding carboxylic acids is 1. The van der Waals surface area contributed by atoms with Crippen LogP contribution in [0.3, 0.4) is 0 Å². The third-order valence-electron chi connectivity index (χ3n) is 3.49. The number of hydrogen-bond donors (Lipinski definition) is 1. The van der Waals surface area contributed by atoms with Crippen LogP contribution in [0.5, 0.6) is 0 Å². The lowest BCUT2D eigenvalue weighted by molar-refractivity contribution is -0.119. The van der Waals surface area contributed by atoms with E-state index in [2.05, 4.69) is 5.32 Å². The van der Waals surface area contributed by atoms with Crippen molar-refractivity contribution in [3.63, 3.8) is 0 Å². The van der Waals surface area contributed by atoms with Crippen LogP contribution in [-0.2, 0) is 4.79 Å². The zero-order valence-corrected chi connectivity index (χ0v) is 13.7. The van der Waals surface area contributed by atoms with Gasteiger partial charge in [0, 0.05) is 10.9 Å². The minimum absolute atomic E-state index is 0.0675. The Hall–Kier alpha value is -0.380. The van der Waals surface area contributed by atoms with Gasteiger partial charge in [0.1, 0.15) is 0 Å². The zero-order chi connectivity index (χ0) is 14.4. The molecule has 0 radical (unpaired) electrons. The predicted octanol–water partition coefficient (Wildman–Crippen LogP) is 4.92. The largest absolute Gasteiger partial charge is 0.353 e. The van der Waals surface area contributed by atoms with Crippen LogP contribution in [0.1, 0.15) is 38.5 Å². The van der Waals surface area contributed by atoms with Crippen LogP contribution in [0, 0.1) is 0 Å². The van der Waals surface area contributed by atoms with Gasteiger partial charge in [-0.05, 0) is 25.0 Å². The first-order valence-corrected chi connectivity index (χ1v) is 8.77. The van der Waals surface area contributed by atoms with E-state index in [1.54, 1.807) is 18.2 Å². The second-order valence-electron chi connectivity index (χ2n) is 5.10. The number of carbonyl (C=O) groups is 1. The summed E-state index contributed by atoms with van der Waals surface area (Å²) in [6, 6.07) is 5.73. The smallest absolute Gasteiger partial charge is 0.230 e. The molecule has 1 saturated carbocycles. The summed E-state index contributed by atoms with van der Waals surface area (Å²) >= 11 is 13.6. The first kappa shape index (κ1) is 16.0. The van der Waals surface area contributed by atoms with Gasteiger partial charge in [0.15, 0.2) is 0 Å². The molecule has 5 heteroatoms. The van der Waals surface area contributed by atoms with Gasteiger partial charge < -0.3 is 5.32 Å². The van der Waals surface area contributed by atoms with Crippen LogP contribution in [0.25, 0.3) is 0 Å². The molecule has 20 heavy (non-hydrogen) atoms. The van der Waals surface area contributed by atoms with E-state index >= 15 is 0 Å². The minimum atomic E-state index is 0.0675. The number of halogens is 2. The second-order valence-corrected chi connectivity index (χ2v) is 6.90. The summed E-state index contributed by atoms with van der Waals surface area (Å²) in [4.78, 5) is 12.8. The molecule has 0 aromatic heterocycles. The summed E-state index contributed by atoms with van der Waals surface area (Å²) in [6.45, 7) is 0. The molecular weight excluding hydrogens is 313 g/mol. The highest BCUT2D eigenvalue weighted by molar-refractivity contribution is 8.00. The van der Waals surface area contributed by atoms with Gasteiger partial charge in [-0.1, -0.05) is 55.0 Å². The Morgan fingerprint density at radius 1 is 1.15 bits per heavy atom. The van der Waals surface area contributed by atoms with Crippen LogP contribution in [0.4, 0.5) is 0 Å². The highest BCUT2D eigenvalue weighted by Crippen LogP contribution is 2.33.